The zero-order chi connectivity index (χ0) is 18.4. The Morgan fingerprint density at radius 3 is 2.48 bits per heavy atom. The first-order valence-corrected chi connectivity index (χ1v) is 7.94. The number of hydrogen-bond acceptors (Lipinski definition) is 4. The van der Waals surface area contributed by atoms with Gasteiger partial charge < -0.3 is 14.8 Å². The molecule has 0 aliphatic heterocycles. The molecule has 0 saturated carbocycles. The van der Waals surface area contributed by atoms with Crippen molar-refractivity contribution in [2.45, 2.75) is 13.0 Å². The molecule has 0 aromatic heterocycles. The SMILES string of the molecule is C[C@@H](OC(=O)COc1ccc(Cl)cc1)C(=O)Nc1ccc(F)cc1Cl. The molecule has 1 amide bonds. The lowest BCUT2D eigenvalue weighted by molar-refractivity contribution is -0.155. The molecule has 0 bridgehead atoms. The summed E-state index contributed by atoms with van der Waals surface area (Å²) in [6.45, 7) is 1.03. The summed E-state index contributed by atoms with van der Waals surface area (Å²) in [6, 6.07) is 9.96. The van der Waals surface area contributed by atoms with Crippen molar-refractivity contribution in [2.75, 3.05) is 11.9 Å². The van der Waals surface area contributed by atoms with Crippen LogP contribution in [0.25, 0.3) is 0 Å². The minimum atomic E-state index is -1.08. The van der Waals surface area contributed by atoms with E-state index < -0.39 is 23.8 Å². The lowest BCUT2D eigenvalue weighted by atomic mass is 10.3. The number of amides is 1. The van der Waals surface area contributed by atoms with E-state index in [0.29, 0.717) is 10.8 Å². The van der Waals surface area contributed by atoms with Crippen LogP contribution in [-0.4, -0.2) is 24.6 Å². The van der Waals surface area contributed by atoms with E-state index in [1.165, 1.54) is 13.0 Å². The maximum atomic E-state index is 13.0. The molecule has 1 atom stereocenters. The number of hydrogen-bond donors (Lipinski definition) is 1. The first kappa shape index (κ1) is 19.0. The van der Waals surface area contributed by atoms with Crippen molar-refractivity contribution in [3.8, 4) is 5.75 Å². The van der Waals surface area contributed by atoms with Crippen molar-refractivity contribution in [3.63, 3.8) is 0 Å². The summed E-state index contributed by atoms with van der Waals surface area (Å²) < 4.78 is 23.2. The fourth-order valence-electron chi connectivity index (χ4n) is 1.78. The molecule has 2 rings (SSSR count). The molecule has 0 aliphatic rings. The summed E-state index contributed by atoms with van der Waals surface area (Å²) in [5.41, 5.74) is 0.216. The molecule has 0 spiro atoms. The van der Waals surface area contributed by atoms with Gasteiger partial charge in [-0.15, -0.1) is 0 Å². The number of carbonyl (C=O) groups is 2. The number of benzene rings is 2. The molecule has 0 unspecified atom stereocenters. The van der Waals surface area contributed by atoms with Crippen LogP contribution in [0, 0.1) is 5.82 Å². The van der Waals surface area contributed by atoms with Gasteiger partial charge in [-0.05, 0) is 49.4 Å². The van der Waals surface area contributed by atoms with E-state index in [-0.39, 0.29) is 17.3 Å². The van der Waals surface area contributed by atoms with E-state index in [1.807, 2.05) is 0 Å². The zero-order valence-corrected chi connectivity index (χ0v) is 14.6. The van der Waals surface area contributed by atoms with Crippen molar-refractivity contribution in [1.82, 2.24) is 0 Å². The Hall–Kier alpha value is -2.31. The highest BCUT2D eigenvalue weighted by Gasteiger charge is 2.19. The summed E-state index contributed by atoms with van der Waals surface area (Å²) >= 11 is 11.6. The van der Waals surface area contributed by atoms with E-state index in [9.17, 15) is 14.0 Å². The second kappa shape index (κ2) is 8.69. The molecule has 1 N–H and O–H groups in total. The van der Waals surface area contributed by atoms with Gasteiger partial charge in [-0.3, -0.25) is 4.79 Å². The van der Waals surface area contributed by atoms with Crippen LogP contribution in [-0.2, 0) is 14.3 Å². The van der Waals surface area contributed by atoms with Crippen molar-refractivity contribution in [1.29, 1.82) is 0 Å². The van der Waals surface area contributed by atoms with Crippen LogP contribution in [0.4, 0.5) is 10.1 Å². The third-order valence-corrected chi connectivity index (χ3v) is 3.60. The van der Waals surface area contributed by atoms with Gasteiger partial charge in [-0.1, -0.05) is 23.2 Å². The molecule has 0 fully saturated rings. The second-order valence-electron chi connectivity index (χ2n) is 4.99. The molecule has 0 radical (unpaired) electrons. The van der Waals surface area contributed by atoms with Gasteiger partial charge in [0.25, 0.3) is 5.91 Å². The number of carbonyl (C=O) groups excluding carboxylic acids is 2. The average molecular weight is 386 g/mol. The lowest BCUT2D eigenvalue weighted by Crippen LogP contribution is -2.31. The van der Waals surface area contributed by atoms with E-state index in [2.05, 4.69) is 5.32 Å². The number of nitrogens with one attached hydrogen (secondary N) is 1. The lowest BCUT2D eigenvalue weighted by Gasteiger charge is -2.14. The third-order valence-electron chi connectivity index (χ3n) is 3.04. The van der Waals surface area contributed by atoms with Crippen LogP contribution in [0.15, 0.2) is 42.5 Å². The standard InChI is InChI=1S/C17H14Cl2FNO4/c1-10(17(23)21-15-7-4-12(20)8-14(15)19)25-16(22)9-24-13-5-2-11(18)3-6-13/h2-8,10H,9H2,1H3,(H,21,23)/t10-/m1/s1. The number of anilines is 1. The van der Waals surface area contributed by atoms with Gasteiger partial charge in [0.05, 0.1) is 10.7 Å². The summed E-state index contributed by atoms with van der Waals surface area (Å²) in [6.07, 6.45) is -1.08. The Balaban J connectivity index is 1.83. The minimum absolute atomic E-state index is 0.0398. The molecular weight excluding hydrogens is 372 g/mol. The highest BCUT2D eigenvalue weighted by molar-refractivity contribution is 6.33. The first-order chi connectivity index (χ1) is 11.8. The second-order valence-corrected chi connectivity index (χ2v) is 5.83. The smallest absolute Gasteiger partial charge is 0.344 e. The summed E-state index contributed by atoms with van der Waals surface area (Å²) in [4.78, 5) is 23.7. The van der Waals surface area contributed by atoms with Gasteiger partial charge in [0.15, 0.2) is 12.7 Å². The number of rotatable bonds is 6. The number of ether oxygens (including phenoxy) is 2. The van der Waals surface area contributed by atoms with Gasteiger partial charge in [0, 0.05) is 5.02 Å². The summed E-state index contributed by atoms with van der Waals surface area (Å²) in [5, 5.41) is 3.03. The summed E-state index contributed by atoms with van der Waals surface area (Å²) in [5.74, 6) is -1.41. The van der Waals surface area contributed by atoms with Crippen LogP contribution >= 0.6 is 23.2 Å². The molecular formula is C17H14Cl2FNO4. The minimum Gasteiger partial charge on any atom is -0.482 e. The normalized spacial score (nSPS) is 11.5. The Bertz CT molecular complexity index is 768. The van der Waals surface area contributed by atoms with Gasteiger partial charge in [0.1, 0.15) is 11.6 Å². The molecule has 8 heteroatoms. The van der Waals surface area contributed by atoms with Crippen LogP contribution in [0.1, 0.15) is 6.92 Å². The quantitative estimate of drug-likeness (QED) is 0.760. The topological polar surface area (TPSA) is 64.6 Å². The van der Waals surface area contributed by atoms with E-state index in [0.717, 1.165) is 12.1 Å². The highest BCUT2D eigenvalue weighted by Crippen LogP contribution is 2.22. The van der Waals surface area contributed by atoms with Crippen LogP contribution in [0.5, 0.6) is 5.75 Å². The maximum Gasteiger partial charge on any atom is 0.344 e. The van der Waals surface area contributed by atoms with Crippen molar-refractivity contribution < 1.29 is 23.5 Å². The molecule has 25 heavy (non-hydrogen) atoms. The molecule has 2 aromatic carbocycles. The fraction of sp³-hybridized carbons (Fsp3) is 0.176. The number of halogens is 3. The predicted molar refractivity (Wildman–Crippen MR) is 92.5 cm³/mol. The molecule has 2 aromatic rings. The van der Waals surface area contributed by atoms with Gasteiger partial charge >= 0.3 is 5.97 Å². The van der Waals surface area contributed by atoms with Gasteiger partial charge in [0.2, 0.25) is 0 Å². The van der Waals surface area contributed by atoms with Gasteiger partial charge in [-0.25, -0.2) is 9.18 Å². The first-order valence-electron chi connectivity index (χ1n) is 7.19. The fourth-order valence-corrected chi connectivity index (χ4v) is 2.12. The Morgan fingerprint density at radius 1 is 1.16 bits per heavy atom. The zero-order valence-electron chi connectivity index (χ0n) is 13.1. The average Bonchev–Trinajstić information content (AvgIpc) is 2.56. The van der Waals surface area contributed by atoms with Crippen molar-refractivity contribution in [2.24, 2.45) is 0 Å². The maximum absolute atomic E-state index is 13.0. The van der Waals surface area contributed by atoms with E-state index in [1.54, 1.807) is 24.3 Å². The van der Waals surface area contributed by atoms with Crippen LogP contribution < -0.4 is 10.1 Å². The molecule has 5 nitrogen and oxygen atoms in total. The van der Waals surface area contributed by atoms with Crippen molar-refractivity contribution in [3.05, 3.63) is 58.3 Å². The monoisotopic (exact) mass is 385 g/mol. The Morgan fingerprint density at radius 2 is 1.84 bits per heavy atom. The third kappa shape index (κ3) is 5.92. The largest absolute Gasteiger partial charge is 0.482 e. The molecule has 0 aliphatic carbocycles. The van der Waals surface area contributed by atoms with Crippen LogP contribution in [0.3, 0.4) is 0 Å². The van der Waals surface area contributed by atoms with E-state index in [4.69, 9.17) is 32.7 Å². The van der Waals surface area contributed by atoms with Gasteiger partial charge in [-0.2, -0.15) is 0 Å². The molecule has 0 heterocycles. The number of esters is 1. The highest BCUT2D eigenvalue weighted by atomic mass is 35.5. The Labute approximate surface area is 153 Å². The molecule has 132 valence electrons. The predicted octanol–water partition coefficient (Wildman–Crippen LogP) is 4.08. The Kier molecular flexibility index (Phi) is 6.61. The molecule has 0 saturated heterocycles. The van der Waals surface area contributed by atoms with Crippen molar-refractivity contribution >= 4 is 40.8 Å². The van der Waals surface area contributed by atoms with Crippen LogP contribution in [0.2, 0.25) is 10.0 Å². The summed E-state index contributed by atoms with van der Waals surface area (Å²) in [7, 11) is 0. The van der Waals surface area contributed by atoms with E-state index >= 15 is 0 Å².